The number of hydrogen-bond donors (Lipinski definition) is 1. The molecule has 0 saturated heterocycles. The molecule has 3 nitrogen and oxygen atoms in total. The molecule has 0 aliphatic carbocycles. The fourth-order valence-electron chi connectivity index (χ4n) is 1.79. The second-order valence-electron chi connectivity index (χ2n) is 3.96. The van der Waals surface area contributed by atoms with Crippen molar-refractivity contribution in [3.8, 4) is 0 Å². The second-order valence-corrected chi connectivity index (χ2v) is 4.81. The van der Waals surface area contributed by atoms with E-state index in [0.29, 0.717) is 5.56 Å². The second kappa shape index (κ2) is 6.64. The lowest BCUT2D eigenvalue weighted by Gasteiger charge is -2.25. The Morgan fingerprint density at radius 1 is 1.29 bits per heavy atom. The Hall–Kier alpha value is -1.03. The van der Waals surface area contributed by atoms with Crippen molar-refractivity contribution in [2.45, 2.75) is 26.7 Å². The first-order valence-electron chi connectivity index (χ1n) is 5.88. The summed E-state index contributed by atoms with van der Waals surface area (Å²) in [5, 5.41) is 8.91. The molecule has 1 aromatic carbocycles. The summed E-state index contributed by atoms with van der Waals surface area (Å²) in [5.74, 6) is -0.894. The molecule has 1 N–H and O–H groups in total. The van der Waals surface area contributed by atoms with Gasteiger partial charge < -0.3 is 10.0 Å². The SMILES string of the molecule is CCCN(CCC)c1ccc(C(=O)O)cc1Br. The van der Waals surface area contributed by atoms with Crippen molar-refractivity contribution in [3.05, 3.63) is 28.2 Å². The molecule has 0 aliphatic heterocycles. The standard InChI is InChI=1S/C13H18BrNO2/c1-3-7-15(8-4-2)12-6-5-10(13(16)17)9-11(12)14/h5-6,9H,3-4,7-8H2,1-2H3,(H,16,17). The summed E-state index contributed by atoms with van der Waals surface area (Å²) in [6, 6.07) is 5.19. The van der Waals surface area contributed by atoms with Crippen LogP contribution >= 0.6 is 15.9 Å². The fraction of sp³-hybridized carbons (Fsp3) is 0.462. The summed E-state index contributed by atoms with van der Waals surface area (Å²) in [6.45, 7) is 6.25. The molecule has 0 spiro atoms. The van der Waals surface area contributed by atoms with Gasteiger partial charge in [0, 0.05) is 17.6 Å². The molecule has 0 radical (unpaired) electrons. The number of carbonyl (C=O) groups is 1. The highest BCUT2D eigenvalue weighted by atomic mass is 79.9. The molecule has 4 heteroatoms. The average molecular weight is 300 g/mol. The van der Waals surface area contributed by atoms with Crippen LogP contribution in [0.15, 0.2) is 22.7 Å². The first-order chi connectivity index (χ1) is 8.10. The van der Waals surface area contributed by atoms with Crippen LogP contribution in [0.2, 0.25) is 0 Å². The Kier molecular flexibility index (Phi) is 5.48. The molecule has 1 aromatic rings. The monoisotopic (exact) mass is 299 g/mol. The number of benzene rings is 1. The van der Waals surface area contributed by atoms with Gasteiger partial charge in [0.15, 0.2) is 0 Å². The molecule has 1 rings (SSSR count). The summed E-state index contributed by atoms with van der Waals surface area (Å²) in [4.78, 5) is 13.1. The molecule has 17 heavy (non-hydrogen) atoms. The third-order valence-corrected chi connectivity index (χ3v) is 3.16. The normalized spacial score (nSPS) is 10.3. The van der Waals surface area contributed by atoms with Gasteiger partial charge in [-0.15, -0.1) is 0 Å². The third-order valence-electron chi connectivity index (χ3n) is 2.52. The van der Waals surface area contributed by atoms with Crippen LogP contribution in [0.1, 0.15) is 37.0 Å². The zero-order valence-electron chi connectivity index (χ0n) is 10.2. The summed E-state index contributed by atoms with van der Waals surface area (Å²) in [7, 11) is 0. The van der Waals surface area contributed by atoms with Crippen molar-refractivity contribution in [3.63, 3.8) is 0 Å². The van der Waals surface area contributed by atoms with Gasteiger partial charge in [-0.25, -0.2) is 4.79 Å². The zero-order valence-corrected chi connectivity index (χ0v) is 11.8. The molecule has 0 heterocycles. The predicted octanol–water partition coefficient (Wildman–Crippen LogP) is 3.77. The highest BCUT2D eigenvalue weighted by Gasteiger charge is 2.11. The highest BCUT2D eigenvalue weighted by molar-refractivity contribution is 9.10. The van der Waals surface area contributed by atoms with Crippen molar-refractivity contribution in [2.24, 2.45) is 0 Å². The molecule has 94 valence electrons. The van der Waals surface area contributed by atoms with Crippen LogP contribution in [0.5, 0.6) is 0 Å². The molecule has 0 saturated carbocycles. The van der Waals surface area contributed by atoms with E-state index in [4.69, 9.17) is 5.11 Å². The minimum Gasteiger partial charge on any atom is -0.478 e. The topological polar surface area (TPSA) is 40.5 Å². The highest BCUT2D eigenvalue weighted by Crippen LogP contribution is 2.27. The third kappa shape index (κ3) is 3.73. The van der Waals surface area contributed by atoms with Crippen LogP contribution in [-0.2, 0) is 0 Å². The summed E-state index contributed by atoms with van der Waals surface area (Å²) in [5.41, 5.74) is 1.38. The quantitative estimate of drug-likeness (QED) is 0.869. The van der Waals surface area contributed by atoms with E-state index in [1.54, 1.807) is 12.1 Å². The number of aromatic carboxylic acids is 1. The molecular formula is C13H18BrNO2. The Labute approximate surface area is 111 Å². The average Bonchev–Trinajstić information content (AvgIpc) is 2.28. The van der Waals surface area contributed by atoms with E-state index in [0.717, 1.165) is 36.1 Å². The van der Waals surface area contributed by atoms with Gasteiger partial charge >= 0.3 is 5.97 Å². The summed E-state index contributed by atoms with van der Waals surface area (Å²) >= 11 is 3.45. The molecule has 0 bridgehead atoms. The molecule has 0 atom stereocenters. The van der Waals surface area contributed by atoms with Gasteiger partial charge in [-0.1, -0.05) is 13.8 Å². The van der Waals surface area contributed by atoms with E-state index in [9.17, 15) is 4.79 Å². The molecule has 0 aliphatic rings. The number of nitrogens with zero attached hydrogens (tertiary/aromatic N) is 1. The van der Waals surface area contributed by atoms with Gasteiger partial charge in [-0.2, -0.15) is 0 Å². The van der Waals surface area contributed by atoms with Gasteiger partial charge in [0.2, 0.25) is 0 Å². The summed E-state index contributed by atoms with van der Waals surface area (Å²) in [6.07, 6.45) is 2.15. The van der Waals surface area contributed by atoms with Gasteiger partial charge in [0.25, 0.3) is 0 Å². The predicted molar refractivity (Wildman–Crippen MR) is 73.9 cm³/mol. The van der Waals surface area contributed by atoms with Crippen LogP contribution in [0.3, 0.4) is 0 Å². The maximum Gasteiger partial charge on any atom is 0.335 e. The molecule has 0 unspecified atom stereocenters. The van der Waals surface area contributed by atoms with E-state index < -0.39 is 5.97 Å². The fourth-order valence-corrected chi connectivity index (χ4v) is 2.42. The van der Waals surface area contributed by atoms with Crippen LogP contribution in [0.25, 0.3) is 0 Å². The zero-order chi connectivity index (χ0) is 12.8. The van der Waals surface area contributed by atoms with Gasteiger partial charge in [-0.05, 0) is 47.0 Å². The van der Waals surface area contributed by atoms with Crippen molar-refractivity contribution in [2.75, 3.05) is 18.0 Å². The van der Waals surface area contributed by atoms with Crippen molar-refractivity contribution in [1.29, 1.82) is 0 Å². The smallest absolute Gasteiger partial charge is 0.335 e. The van der Waals surface area contributed by atoms with Gasteiger partial charge in [0.05, 0.1) is 11.3 Å². The first-order valence-corrected chi connectivity index (χ1v) is 6.67. The number of carboxylic acid groups (broad SMARTS) is 1. The Morgan fingerprint density at radius 3 is 2.29 bits per heavy atom. The maximum atomic E-state index is 10.9. The van der Waals surface area contributed by atoms with Crippen molar-refractivity contribution < 1.29 is 9.90 Å². The van der Waals surface area contributed by atoms with Crippen LogP contribution in [0.4, 0.5) is 5.69 Å². The lowest BCUT2D eigenvalue weighted by atomic mass is 10.2. The van der Waals surface area contributed by atoms with Gasteiger partial charge in [-0.3, -0.25) is 0 Å². The van der Waals surface area contributed by atoms with E-state index in [1.165, 1.54) is 0 Å². The van der Waals surface area contributed by atoms with Crippen LogP contribution in [-0.4, -0.2) is 24.2 Å². The minimum absolute atomic E-state index is 0.313. The van der Waals surface area contributed by atoms with E-state index in [-0.39, 0.29) is 0 Å². The maximum absolute atomic E-state index is 10.9. The number of carboxylic acids is 1. The molecule has 0 aromatic heterocycles. The Morgan fingerprint density at radius 2 is 1.88 bits per heavy atom. The van der Waals surface area contributed by atoms with E-state index in [2.05, 4.69) is 34.7 Å². The summed E-state index contributed by atoms with van der Waals surface area (Å²) < 4.78 is 0.847. The number of rotatable bonds is 6. The molecular weight excluding hydrogens is 282 g/mol. The van der Waals surface area contributed by atoms with E-state index >= 15 is 0 Å². The van der Waals surface area contributed by atoms with Crippen LogP contribution in [0, 0.1) is 0 Å². The van der Waals surface area contributed by atoms with E-state index in [1.807, 2.05) is 6.07 Å². The molecule has 0 amide bonds. The number of halogens is 1. The Balaban J connectivity index is 2.99. The van der Waals surface area contributed by atoms with Crippen molar-refractivity contribution in [1.82, 2.24) is 0 Å². The minimum atomic E-state index is -0.894. The van der Waals surface area contributed by atoms with Crippen molar-refractivity contribution >= 4 is 27.6 Å². The van der Waals surface area contributed by atoms with Gasteiger partial charge in [0.1, 0.15) is 0 Å². The first kappa shape index (κ1) is 14.0. The molecule has 0 fully saturated rings. The lowest BCUT2D eigenvalue weighted by molar-refractivity contribution is 0.0697. The largest absolute Gasteiger partial charge is 0.478 e. The van der Waals surface area contributed by atoms with Crippen LogP contribution < -0.4 is 4.90 Å². The number of hydrogen-bond acceptors (Lipinski definition) is 2. The number of anilines is 1. The lowest BCUT2D eigenvalue weighted by Crippen LogP contribution is -2.25. The Bertz CT molecular complexity index is 387.